The van der Waals surface area contributed by atoms with Crippen LogP contribution in [-0.2, 0) is 30.8 Å². The van der Waals surface area contributed by atoms with Crippen LogP contribution >= 0.6 is 0 Å². The van der Waals surface area contributed by atoms with Gasteiger partial charge in [0, 0.05) is 38.3 Å². The number of hydrogen-bond donors (Lipinski definition) is 1. The second-order valence-electron chi connectivity index (χ2n) is 10.1. The molecule has 2 aromatic heterocycles. The first-order valence-corrected chi connectivity index (χ1v) is 13.9. The normalized spacial score (nSPS) is 13.0. The lowest BCUT2D eigenvalue weighted by Crippen LogP contribution is -2.39. The fraction of sp³-hybridized carbons (Fsp3) is 0.387. The van der Waals surface area contributed by atoms with Crippen LogP contribution < -0.4 is 16.0 Å². The Bertz CT molecular complexity index is 1580. The number of carbonyl (C=O) groups excluding carboxylic acids is 1. The summed E-state index contributed by atoms with van der Waals surface area (Å²) in [4.78, 5) is 43.8. The maximum absolute atomic E-state index is 13.0. The van der Waals surface area contributed by atoms with E-state index in [4.69, 9.17) is 4.74 Å². The molecular formula is C31H36N4O4. The number of nitrogens with one attached hydrogen (secondary N) is 1. The molecule has 1 aliphatic rings. The molecule has 0 radical (unpaired) electrons. The number of aromatic amines is 1. The van der Waals surface area contributed by atoms with Crippen LogP contribution in [0.1, 0.15) is 50.7 Å². The molecular weight excluding hydrogens is 492 g/mol. The summed E-state index contributed by atoms with van der Waals surface area (Å²) in [5.74, 6) is 0.893. The molecule has 0 saturated heterocycles. The Hall–Kier alpha value is -4.07. The van der Waals surface area contributed by atoms with E-state index in [-0.39, 0.29) is 17.2 Å². The summed E-state index contributed by atoms with van der Waals surface area (Å²) in [6.07, 6.45) is 3.53. The summed E-state index contributed by atoms with van der Waals surface area (Å²) in [5, 5.41) is 0. The third-order valence-electron chi connectivity index (χ3n) is 7.36. The molecule has 0 bridgehead atoms. The zero-order valence-electron chi connectivity index (χ0n) is 22.7. The Morgan fingerprint density at radius 1 is 0.949 bits per heavy atom. The van der Waals surface area contributed by atoms with Crippen molar-refractivity contribution >= 4 is 16.9 Å². The Morgan fingerprint density at radius 3 is 2.41 bits per heavy atom. The average Bonchev–Trinajstić information content (AvgIpc) is 3.41. The fourth-order valence-electron chi connectivity index (χ4n) is 5.32. The molecule has 0 fully saturated rings. The van der Waals surface area contributed by atoms with Gasteiger partial charge >= 0.3 is 5.69 Å². The first-order valence-electron chi connectivity index (χ1n) is 13.9. The molecule has 8 heteroatoms. The SMILES string of the molecule is CCCn1c(=O)c2[nH]c(-c3ccc(OCCCC(=O)N4CCc5ccccc5C4)cc3)cc2n(CCC)c1=O. The molecule has 0 aliphatic carbocycles. The summed E-state index contributed by atoms with van der Waals surface area (Å²) < 4.78 is 8.91. The zero-order valence-corrected chi connectivity index (χ0v) is 22.7. The summed E-state index contributed by atoms with van der Waals surface area (Å²) >= 11 is 0. The molecule has 2 aromatic carbocycles. The van der Waals surface area contributed by atoms with Crippen molar-refractivity contribution in [2.24, 2.45) is 0 Å². The number of aromatic nitrogens is 3. The molecule has 3 heterocycles. The molecule has 0 unspecified atom stereocenters. The lowest BCUT2D eigenvalue weighted by molar-refractivity contribution is -0.132. The number of H-pyrrole nitrogens is 1. The monoisotopic (exact) mass is 528 g/mol. The Balaban J connectivity index is 1.21. The van der Waals surface area contributed by atoms with Crippen LogP contribution in [0.3, 0.4) is 0 Å². The van der Waals surface area contributed by atoms with Crippen LogP contribution in [0.2, 0.25) is 0 Å². The number of aryl methyl sites for hydroxylation is 1. The van der Waals surface area contributed by atoms with E-state index in [0.717, 1.165) is 36.4 Å². The Morgan fingerprint density at radius 2 is 1.67 bits per heavy atom. The molecule has 39 heavy (non-hydrogen) atoms. The molecule has 8 nitrogen and oxygen atoms in total. The third kappa shape index (κ3) is 5.55. The molecule has 1 aliphatic heterocycles. The summed E-state index contributed by atoms with van der Waals surface area (Å²) in [5.41, 5.74) is 4.81. The van der Waals surface area contributed by atoms with Crippen molar-refractivity contribution in [3.05, 3.63) is 86.6 Å². The van der Waals surface area contributed by atoms with Gasteiger partial charge in [0.1, 0.15) is 11.3 Å². The minimum Gasteiger partial charge on any atom is -0.494 e. The van der Waals surface area contributed by atoms with Gasteiger partial charge in [-0.3, -0.25) is 18.7 Å². The zero-order chi connectivity index (χ0) is 27.4. The van der Waals surface area contributed by atoms with Crippen molar-refractivity contribution in [3.63, 3.8) is 0 Å². The Labute approximate surface area is 227 Å². The molecule has 0 saturated carbocycles. The van der Waals surface area contributed by atoms with Gasteiger partial charge in [-0.05, 0) is 72.7 Å². The van der Waals surface area contributed by atoms with Gasteiger partial charge in [0.05, 0.1) is 12.1 Å². The van der Waals surface area contributed by atoms with Crippen LogP contribution in [0, 0.1) is 0 Å². The second kappa shape index (κ2) is 11.8. The molecule has 4 aromatic rings. The number of ether oxygens (including phenoxy) is 1. The number of carbonyl (C=O) groups is 1. The van der Waals surface area contributed by atoms with Crippen molar-refractivity contribution in [2.45, 2.75) is 65.6 Å². The predicted molar refractivity (Wildman–Crippen MR) is 153 cm³/mol. The van der Waals surface area contributed by atoms with Gasteiger partial charge in [-0.2, -0.15) is 0 Å². The van der Waals surface area contributed by atoms with Gasteiger partial charge in [-0.1, -0.05) is 38.1 Å². The van der Waals surface area contributed by atoms with Crippen molar-refractivity contribution in [2.75, 3.05) is 13.2 Å². The van der Waals surface area contributed by atoms with Crippen molar-refractivity contribution in [3.8, 4) is 17.0 Å². The minimum absolute atomic E-state index is 0.168. The highest BCUT2D eigenvalue weighted by atomic mass is 16.5. The number of hydrogen-bond acceptors (Lipinski definition) is 4. The average molecular weight is 529 g/mol. The number of rotatable bonds is 10. The van der Waals surface area contributed by atoms with Crippen LogP contribution in [0.5, 0.6) is 5.75 Å². The number of amides is 1. The Kier molecular flexibility index (Phi) is 8.00. The van der Waals surface area contributed by atoms with E-state index < -0.39 is 0 Å². The quantitative estimate of drug-likeness (QED) is 0.302. The van der Waals surface area contributed by atoms with Crippen LogP contribution in [0.15, 0.2) is 64.2 Å². The first kappa shape index (κ1) is 26.5. The van der Waals surface area contributed by atoms with Crippen LogP contribution in [0.4, 0.5) is 0 Å². The van der Waals surface area contributed by atoms with Crippen molar-refractivity contribution < 1.29 is 9.53 Å². The number of nitrogens with zero attached hydrogens (tertiary/aromatic N) is 3. The largest absolute Gasteiger partial charge is 0.494 e. The molecule has 204 valence electrons. The van der Waals surface area contributed by atoms with Gasteiger partial charge in [-0.15, -0.1) is 0 Å². The molecule has 0 atom stereocenters. The number of benzene rings is 2. The molecule has 5 rings (SSSR count). The van der Waals surface area contributed by atoms with E-state index in [2.05, 4.69) is 23.2 Å². The summed E-state index contributed by atoms with van der Waals surface area (Å²) in [6.45, 7) is 6.84. The number of fused-ring (bicyclic) bond motifs is 2. The highest BCUT2D eigenvalue weighted by Crippen LogP contribution is 2.25. The van der Waals surface area contributed by atoms with Gasteiger partial charge in [0.2, 0.25) is 5.91 Å². The topological polar surface area (TPSA) is 89.3 Å². The van der Waals surface area contributed by atoms with E-state index in [1.54, 1.807) is 4.57 Å². The lowest BCUT2D eigenvalue weighted by atomic mass is 9.99. The second-order valence-corrected chi connectivity index (χ2v) is 10.1. The summed E-state index contributed by atoms with van der Waals surface area (Å²) in [6, 6.07) is 17.8. The van der Waals surface area contributed by atoms with E-state index >= 15 is 0 Å². The van der Waals surface area contributed by atoms with Crippen molar-refractivity contribution in [1.29, 1.82) is 0 Å². The van der Waals surface area contributed by atoms with E-state index in [1.807, 2.05) is 55.1 Å². The fourth-order valence-corrected chi connectivity index (χ4v) is 5.32. The van der Waals surface area contributed by atoms with Crippen LogP contribution in [-0.4, -0.2) is 38.1 Å². The van der Waals surface area contributed by atoms with E-state index in [9.17, 15) is 14.4 Å². The lowest BCUT2D eigenvalue weighted by Gasteiger charge is -2.29. The maximum Gasteiger partial charge on any atom is 0.331 e. The third-order valence-corrected chi connectivity index (χ3v) is 7.36. The highest BCUT2D eigenvalue weighted by Gasteiger charge is 2.20. The highest BCUT2D eigenvalue weighted by molar-refractivity contribution is 5.82. The molecule has 1 amide bonds. The van der Waals surface area contributed by atoms with E-state index in [0.29, 0.717) is 56.5 Å². The van der Waals surface area contributed by atoms with Gasteiger partial charge in [0.25, 0.3) is 5.56 Å². The van der Waals surface area contributed by atoms with Gasteiger partial charge < -0.3 is 14.6 Å². The maximum atomic E-state index is 13.0. The van der Waals surface area contributed by atoms with E-state index in [1.165, 1.54) is 15.7 Å². The smallest absolute Gasteiger partial charge is 0.331 e. The molecule has 0 spiro atoms. The van der Waals surface area contributed by atoms with Gasteiger partial charge in [-0.25, -0.2) is 4.79 Å². The first-order chi connectivity index (χ1) is 19.0. The predicted octanol–water partition coefficient (Wildman–Crippen LogP) is 4.72. The molecule has 1 N–H and O–H groups in total. The van der Waals surface area contributed by atoms with Crippen molar-refractivity contribution in [1.82, 2.24) is 19.0 Å². The summed E-state index contributed by atoms with van der Waals surface area (Å²) in [7, 11) is 0. The standard InChI is InChI=1S/C31H36N4O4/c1-3-16-34-27-20-26(32-29(27)30(37)35(17-4-2)31(34)38)23-11-13-25(14-12-23)39-19-7-10-28(36)33-18-15-22-8-5-6-9-24(22)21-33/h5-6,8-9,11-14,20,32H,3-4,7,10,15-19,21H2,1-2H3. The minimum atomic E-state index is -0.279. The van der Waals surface area contributed by atoms with Crippen LogP contribution in [0.25, 0.3) is 22.3 Å². The van der Waals surface area contributed by atoms with Gasteiger partial charge in [0.15, 0.2) is 0 Å².